The Hall–Kier alpha value is -1.66. The molecule has 2 unspecified atom stereocenters. The van der Waals surface area contributed by atoms with Gasteiger partial charge in [0.25, 0.3) is 0 Å². The Morgan fingerprint density at radius 3 is 2.78 bits per heavy atom. The third-order valence-corrected chi connectivity index (χ3v) is 2.67. The van der Waals surface area contributed by atoms with Crippen LogP contribution in [0.4, 0.5) is 5.82 Å². The summed E-state index contributed by atoms with van der Waals surface area (Å²) in [6.45, 7) is 3.50. The number of amides is 1. The van der Waals surface area contributed by atoms with Crippen LogP contribution in [0.15, 0.2) is 12.3 Å². The van der Waals surface area contributed by atoms with E-state index in [0.717, 1.165) is 5.56 Å². The number of nitrogen functional groups attached to an aromatic ring is 1. The summed E-state index contributed by atoms with van der Waals surface area (Å²) in [4.78, 5) is 14.6. The smallest absolute Gasteiger partial charge is 0.216 e. The Kier molecular flexibility index (Phi) is 5.06. The number of aliphatic hydroxyl groups excluding tert-OH is 2. The van der Waals surface area contributed by atoms with E-state index in [0.29, 0.717) is 17.9 Å². The fourth-order valence-electron chi connectivity index (χ4n) is 1.66. The van der Waals surface area contributed by atoms with Crippen molar-refractivity contribution in [2.75, 3.05) is 12.3 Å². The molecule has 0 spiro atoms. The van der Waals surface area contributed by atoms with Gasteiger partial charge >= 0.3 is 0 Å². The molecule has 0 fully saturated rings. The van der Waals surface area contributed by atoms with Gasteiger partial charge in [0.1, 0.15) is 11.9 Å². The number of aliphatic hydroxyl groups is 2. The van der Waals surface area contributed by atoms with E-state index in [1.54, 1.807) is 13.0 Å². The van der Waals surface area contributed by atoms with Gasteiger partial charge < -0.3 is 21.3 Å². The van der Waals surface area contributed by atoms with E-state index in [9.17, 15) is 15.0 Å². The fraction of sp³-hybridized carbons (Fsp3) is 0.500. The maximum atomic E-state index is 10.7. The maximum absolute atomic E-state index is 10.7. The molecule has 1 aromatic heterocycles. The number of pyridine rings is 1. The molecule has 0 bridgehead atoms. The maximum Gasteiger partial charge on any atom is 0.216 e. The molecule has 1 heterocycles. The van der Waals surface area contributed by atoms with Crippen molar-refractivity contribution in [2.45, 2.75) is 32.5 Å². The van der Waals surface area contributed by atoms with Crippen LogP contribution in [0.5, 0.6) is 0 Å². The quantitative estimate of drug-likeness (QED) is 0.585. The number of nitrogens with one attached hydrogen (secondary N) is 1. The number of hydrogen-bond donors (Lipinski definition) is 4. The molecule has 0 saturated heterocycles. The Morgan fingerprint density at radius 1 is 1.56 bits per heavy atom. The molecule has 0 aliphatic carbocycles. The first kappa shape index (κ1) is 14.4. The average Bonchev–Trinajstić information content (AvgIpc) is 2.27. The highest BCUT2D eigenvalue weighted by Crippen LogP contribution is 2.22. The van der Waals surface area contributed by atoms with Gasteiger partial charge in [-0.15, -0.1) is 0 Å². The third kappa shape index (κ3) is 3.97. The predicted octanol–water partition coefficient (Wildman–Crippen LogP) is -0.107. The lowest BCUT2D eigenvalue weighted by molar-refractivity contribution is -0.119. The Labute approximate surface area is 106 Å². The lowest BCUT2D eigenvalue weighted by Gasteiger charge is -2.19. The van der Waals surface area contributed by atoms with Crippen LogP contribution in [-0.4, -0.2) is 33.8 Å². The van der Waals surface area contributed by atoms with Gasteiger partial charge in [-0.25, -0.2) is 4.98 Å². The average molecular weight is 253 g/mol. The third-order valence-electron chi connectivity index (χ3n) is 2.67. The number of nitrogens with zero attached hydrogens (tertiary/aromatic N) is 1. The summed E-state index contributed by atoms with van der Waals surface area (Å²) >= 11 is 0. The van der Waals surface area contributed by atoms with Crippen molar-refractivity contribution in [1.82, 2.24) is 10.3 Å². The fourth-order valence-corrected chi connectivity index (χ4v) is 1.66. The van der Waals surface area contributed by atoms with Crippen LogP contribution < -0.4 is 11.1 Å². The van der Waals surface area contributed by atoms with Crippen molar-refractivity contribution >= 4 is 11.7 Å². The van der Waals surface area contributed by atoms with E-state index in [1.807, 2.05) is 0 Å². The van der Waals surface area contributed by atoms with Gasteiger partial charge in [0.2, 0.25) is 5.91 Å². The molecular weight excluding hydrogens is 234 g/mol. The summed E-state index contributed by atoms with van der Waals surface area (Å²) in [5.74, 6) is 0.207. The minimum Gasteiger partial charge on any atom is -0.390 e. The first-order valence-electron chi connectivity index (χ1n) is 5.74. The van der Waals surface area contributed by atoms with Crippen molar-refractivity contribution in [2.24, 2.45) is 0 Å². The van der Waals surface area contributed by atoms with Gasteiger partial charge in [0.05, 0.1) is 6.10 Å². The minimum absolute atomic E-state index is 0.165. The van der Waals surface area contributed by atoms with Gasteiger partial charge in [-0.2, -0.15) is 0 Å². The monoisotopic (exact) mass is 253 g/mol. The van der Waals surface area contributed by atoms with Crippen molar-refractivity contribution in [3.8, 4) is 0 Å². The number of aryl methyl sites for hydroxylation is 1. The molecule has 2 atom stereocenters. The zero-order valence-electron chi connectivity index (χ0n) is 10.6. The molecule has 6 heteroatoms. The zero-order valence-corrected chi connectivity index (χ0v) is 10.6. The van der Waals surface area contributed by atoms with Crippen LogP contribution in [0.2, 0.25) is 0 Å². The largest absolute Gasteiger partial charge is 0.390 e. The van der Waals surface area contributed by atoms with Crippen LogP contribution >= 0.6 is 0 Å². The molecule has 18 heavy (non-hydrogen) atoms. The molecule has 6 nitrogen and oxygen atoms in total. The van der Waals surface area contributed by atoms with Crippen LogP contribution in [0.3, 0.4) is 0 Å². The van der Waals surface area contributed by atoms with Crippen LogP contribution in [0, 0.1) is 6.92 Å². The van der Waals surface area contributed by atoms with E-state index in [2.05, 4.69) is 10.3 Å². The van der Waals surface area contributed by atoms with Crippen molar-refractivity contribution in [3.63, 3.8) is 0 Å². The Morgan fingerprint density at radius 2 is 2.22 bits per heavy atom. The summed E-state index contributed by atoms with van der Waals surface area (Å²) in [5.41, 5.74) is 6.83. The Bertz CT molecular complexity index is 423. The number of carbonyl (C=O) groups is 1. The number of carbonyl (C=O) groups excluding carboxylic acids is 1. The van der Waals surface area contributed by atoms with Crippen LogP contribution in [0.1, 0.15) is 30.6 Å². The van der Waals surface area contributed by atoms with E-state index in [1.165, 1.54) is 13.1 Å². The molecule has 0 saturated carbocycles. The van der Waals surface area contributed by atoms with E-state index in [4.69, 9.17) is 5.73 Å². The topological polar surface area (TPSA) is 108 Å². The molecule has 0 aliphatic heterocycles. The van der Waals surface area contributed by atoms with Gasteiger partial charge in [-0.3, -0.25) is 4.79 Å². The van der Waals surface area contributed by atoms with Crippen LogP contribution in [-0.2, 0) is 4.79 Å². The molecule has 100 valence electrons. The van der Waals surface area contributed by atoms with E-state index >= 15 is 0 Å². The lowest BCUT2D eigenvalue weighted by atomic mass is 10.00. The minimum atomic E-state index is -1.04. The normalized spacial score (nSPS) is 14.0. The van der Waals surface area contributed by atoms with Crippen molar-refractivity contribution in [1.29, 1.82) is 0 Å². The number of aromatic nitrogens is 1. The SMILES string of the molecule is CC(=O)NCCC(O)C(O)c1cnc(N)cc1C. The lowest BCUT2D eigenvalue weighted by Crippen LogP contribution is -2.28. The highest BCUT2D eigenvalue weighted by Gasteiger charge is 2.20. The molecule has 0 aliphatic rings. The standard InChI is InChI=1S/C12H19N3O3/c1-7-5-11(13)15-6-9(7)12(18)10(17)3-4-14-8(2)16/h5-6,10,12,17-18H,3-4H2,1-2H3,(H2,13,15)(H,14,16). The number of nitrogens with two attached hydrogens (primary N) is 1. The van der Waals surface area contributed by atoms with Gasteiger partial charge in [-0.1, -0.05) is 0 Å². The second-order valence-electron chi connectivity index (χ2n) is 4.25. The summed E-state index contributed by atoms with van der Waals surface area (Å²) in [7, 11) is 0. The summed E-state index contributed by atoms with van der Waals surface area (Å²) in [5, 5.41) is 22.4. The van der Waals surface area contributed by atoms with E-state index < -0.39 is 12.2 Å². The number of hydrogen-bond acceptors (Lipinski definition) is 5. The predicted molar refractivity (Wildman–Crippen MR) is 67.7 cm³/mol. The molecular formula is C12H19N3O3. The Balaban J connectivity index is 2.62. The second-order valence-corrected chi connectivity index (χ2v) is 4.25. The van der Waals surface area contributed by atoms with Gasteiger partial charge in [0, 0.05) is 25.2 Å². The summed E-state index contributed by atoms with van der Waals surface area (Å²) < 4.78 is 0. The molecule has 0 radical (unpaired) electrons. The molecule has 1 rings (SSSR count). The molecule has 1 aromatic rings. The first-order valence-corrected chi connectivity index (χ1v) is 5.74. The number of rotatable bonds is 5. The van der Waals surface area contributed by atoms with Crippen molar-refractivity contribution in [3.05, 3.63) is 23.4 Å². The highest BCUT2D eigenvalue weighted by molar-refractivity contribution is 5.72. The highest BCUT2D eigenvalue weighted by atomic mass is 16.3. The van der Waals surface area contributed by atoms with Crippen molar-refractivity contribution < 1.29 is 15.0 Å². The first-order chi connectivity index (χ1) is 8.41. The summed E-state index contributed by atoms with van der Waals surface area (Å²) in [6.07, 6.45) is -0.269. The zero-order chi connectivity index (χ0) is 13.7. The number of anilines is 1. The van der Waals surface area contributed by atoms with Gasteiger partial charge in [-0.05, 0) is 25.0 Å². The second kappa shape index (κ2) is 6.32. The molecule has 5 N–H and O–H groups in total. The van der Waals surface area contributed by atoms with E-state index in [-0.39, 0.29) is 12.3 Å². The van der Waals surface area contributed by atoms with Gasteiger partial charge in [0.15, 0.2) is 0 Å². The molecule has 0 aromatic carbocycles. The summed E-state index contributed by atoms with van der Waals surface area (Å²) in [6, 6.07) is 1.64. The molecule has 1 amide bonds. The van der Waals surface area contributed by atoms with Crippen LogP contribution in [0.25, 0.3) is 0 Å².